The molecule has 0 saturated heterocycles. The quantitative estimate of drug-likeness (QED) is 0.659. The maximum absolute atomic E-state index is 5.69. The highest BCUT2D eigenvalue weighted by molar-refractivity contribution is 5.75. The average molecular weight is 290 g/mol. The van der Waals surface area contributed by atoms with Crippen LogP contribution in [0.5, 0.6) is 0 Å². The second kappa shape index (κ2) is 8.15. The third-order valence-electron chi connectivity index (χ3n) is 3.52. The Hall–Kier alpha value is -1.39. The van der Waals surface area contributed by atoms with E-state index in [0.717, 1.165) is 29.7 Å². The van der Waals surface area contributed by atoms with Crippen LogP contribution in [-0.2, 0) is 22.4 Å². The largest absolute Gasteiger partial charge is 0.351 e. The first-order valence-corrected chi connectivity index (χ1v) is 7.97. The van der Waals surface area contributed by atoms with Gasteiger partial charge in [0.2, 0.25) is 0 Å². The number of aryl methyl sites for hydroxylation is 1. The molecule has 0 aliphatic heterocycles. The number of hydrogen-bond donors (Lipinski definition) is 0. The molecule has 0 fully saturated rings. The van der Waals surface area contributed by atoms with E-state index < -0.39 is 0 Å². The maximum Gasteiger partial charge on any atom is 0.175 e. The van der Waals surface area contributed by atoms with Crippen molar-refractivity contribution in [2.24, 2.45) is 0 Å². The van der Waals surface area contributed by atoms with Crippen LogP contribution in [0.4, 0.5) is 0 Å². The molecular weight excluding hydrogens is 264 g/mol. The van der Waals surface area contributed by atoms with Crippen LogP contribution in [0, 0.1) is 0 Å². The van der Waals surface area contributed by atoms with Crippen molar-refractivity contribution < 1.29 is 9.47 Å². The van der Waals surface area contributed by atoms with Gasteiger partial charge in [-0.05, 0) is 32.4 Å². The maximum atomic E-state index is 5.69. The zero-order valence-electron chi connectivity index (χ0n) is 13.3. The number of aromatic nitrogens is 2. The Bertz CT molecular complexity index is 545. The van der Waals surface area contributed by atoms with Gasteiger partial charge in [-0.3, -0.25) is 0 Å². The molecule has 0 saturated carbocycles. The van der Waals surface area contributed by atoms with Crippen LogP contribution in [0.15, 0.2) is 24.3 Å². The number of unbranched alkanes of at least 4 members (excludes halogenated alkanes) is 1. The summed E-state index contributed by atoms with van der Waals surface area (Å²) in [5, 5.41) is 0. The highest BCUT2D eigenvalue weighted by Gasteiger charge is 2.15. The third-order valence-corrected chi connectivity index (χ3v) is 3.52. The summed E-state index contributed by atoms with van der Waals surface area (Å²) in [6.07, 6.45) is 3.11. The zero-order chi connectivity index (χ0) is 15.1. The molecule has 1 aromatic heterocycles. The molecule has 0 unspecified atom stereocenters. The fraction of sp³-hybridized carbons (Fsp3) is 0.588. The van der Waals surface area contributed by atoms with Gasteiger partial charge in [0, 0.05) is 19.6 Å². The topological polar surface area (TPSA) is 36.3 Å². The molecule has 0 aliphatic rings. The van der Waals surface area contributed by atoms with Gasteiger partial charge in [-0.1, -0.05) is 25.5 Å². The summed E-state index contributed by atoms with van der Waals surface area (Å²) >= 11 is 0. The normalized spacial score (nSPS) is 11.6. The summed E-state index contributed by atoms with van der Waals surface area (Å²) in [7, 11) is 0. The highest BCUT2D eigenvalue weighted by Crippen LogP contribution is 2.19. The molecule has 1 heterocycles. The Morgan fingerprint density at radius 2 is 1.81 bits per heavy atom. The number of hydrogen-bond acceptors (Lipinski definition) is 3. The minimum atomic E-state index is -0.210. The Kier molecular flexibility index (Phi) is 6.21. The second-order valence-electron chi connectivity index (χ2n) is 5.07. The van der Waals surface area contributed by atoms with Crippen molar-refractivity contribution in [1.82, 2.24) is 9.55 Å². The van der Waals surface area contributed by atoms with Crippen molar-refractivity contribution in [3.63, 3.8) is 0 Å². The van der Waals surface area contributed by atoms with Crippen molar-refractivity contribution >= 4 is 11.0 Å². The number of nitrogens with zero attached hydrogens (tertiary/aromatic N) is 2. The van der Waals surface area contributed by atoms with Crippen LogP contribution < -0.4 is 0 Å². The van der Waals surface area contributed by atoms with Gasteiger partial charge in [-0.15, -0.1) is 0 Å². The SMILES string of the molecule is CCCCc1nc2ccccc2n1CC(OCC)OCC. The Morgan fingerprint density at radius 1 is 1.10 bits per heavy atom. The Morgan fingerprint density at radius 3 is 2.48 bits per heavy atom. The van der Waals surface area contributed by atoms with Gasteiger partial charge in [-0.25, -0.2) is 4.98 Å². The lowest BCUT2D eigenvalue weighted by molar-refractivity contribution is -0.143. The molecule has 4 nitrogen and oxygen atoms in total. The molecule has 0 bridgehead atoms. The Balaban J connectivity index is 2.29. The van der Waals surface area contributed by atoms with Crippen LogP contribution in [0.1, 0.15) is 39.4 Å². The monoisotopic (exact) mass is 290 g/mol. The summed E-state index contributed by atoms with van der Waals surface area (Å²) in [5.41, 5.74) is 2.21. The smallest absolute Gasteiger partial charge is 0.175 e. The summed E-state index contributed by atoms with van der Waals surface area (Å²) in [6, 6.07) is 8.27. The first kappa shape index (κ1) is 16.0. The van der Waals surface area contributed by atoms with Crippen LogP contribution in [0.2, 0.25) is 0 Å². The fourth-order valence-electron chi connectivity index (χ4n) is 2.53. The summed E-state index contributed by atoms with van der Waals surface area (Å²) in [6.45, 7) is 8.20. The van der Waals surface area contributed by atoms with Gasteiger partial charge in [-0.2, -0.15) is 0 Å². The van der Waals surface area contributed by atoms with Crippen molar-refractivity contribution in [3.8, 4) is 0 Å². The van der Waals surface area contributed by atoms with Crippen molar-refractivity contribution in [1.29, 1.82) is 0 Å². The molecule has 2 rings (SSSR count). The van der Waals surface area contributed by atoms with Crippen molar-refractivity contribution in [2.45, 2.75) is 52.9 Å². The number of benzene rings is 1. The molecule has 0 aliphatic carbocycles. The summed E-state index contributed by atoms with van der Waals surface area (Å²) in [4.78, 5) is 4.78. The predicted octanol–water partition coefficient (Wildman–Crippen LogP) is 3.78. The molecule has 0 amide bonds. The van der Waals surface area contributed by atoms with Crippen LogP contribution >= 0.6 is 0 Å². The number of rotatable bonds is 9. The van der Waals surface area contributed by atoms with E-state index in [1.807, 2.05) is 19.9 Å². The summed E-state index contributed by atoms with van der Waals surface area (Å²) in [5.74, 6) is 1.13. The minimum Gasteiger partial charge on any atom is -0.351 e. The average Bonchev–Trinajstić information content (AvgIpc) is 2.84. The van der Waals surface area contributed by atoms with Gasteiger partial charge in [0.15, 0.2) is 6.29 Å². The molecule has 0 N–H and O–H groups in total. The summed E-state index contributed by atoms with van der Waals surface area (Å²) < 4.78 is 13.6. The molecule has 1 aromatic carbocycles. The lowest BCUT2D eigenvalue weighted by atomic mass is 10.2. The number of fused-ring (bicyclic) bond motifs is 1. The molecule has 21 heavy (non-hydrogen) atoms. The standard InChI is InChI=1S/C17H26N2O2/c1-4-7-12-16-18-14-10-8-9-11-15(14)19(16)13-17(20-5-2)21-6-3/h8-11,17H,4-7,12-13H2,1-3H3. The van der Waals surface area contributed by atoms with E-state index in [-0.39, 0.29) is 6.29 Å². The van der Waals surface area contributed by atoms with E-state index in [4.69, 9.17) is 14.5 Å². The lowest BCUT2D eigenvalue weighted by Gasteiger charge is -2.19. The van der Waals surface area contributed by atoms with E-state index in [0.29, 0.717) is 19.8 Å². The Labute approximate surface area is 127 Å². The first-order valence-electron chi connectivity index (χ1n) is 7.97. The zero-order valence-corrected chi connectivity index (χ0v) is 13.3. The van der Waals surface area contributed by atoms with E-state index in [9.17, 15) is 0 Å². The van der Waals surface area contributed by atoms with Gasteiger partial charge in [0.05, 0.1) is 17.6 Å². The number of imidazole rings is 1. The molecule has 4 heteroatoms. The molecule has 0 radical (unpaired) electrons. The van der Waals surface area contributed by atoms with Gasteiger partial charge in [0.1, 0.15) is 5.82 Å². The van der Waals surface area contributed by atoms with Crippen LogP contribution in [0.3, 0.4) is 0 Å². The molecule has 2 aromatic rings. The molecule has 0 spiro atoms. The van der Waals surface area contributed by atoms with E-state index >= 15 is 0 Å². The number of para-hydroxylation sites is 2. The predicted molar refractivity (Wildman–Crippen MR) is 85.4 cm³/mol. The van der Waals surface area contributed by atoms with Gasteiger partial charge in [0.25, 0.3) is 0 Å². The second-order valence-corrected chi connectivity index (χ2v) is 5.07. The van der Waals surface area contributed by atoms with Crippen molar-refractivity contribution in [3.05, 3.63) is 30.1 Å². The van der Waals surface area contributed by atoms with E-state index in [2.05, 4.69) is 29.7 Å². The number of ether oxygens (including phenoxy) is 2. The van der Waals surface area contributed by atoms with E-state index in [1.54, 1.807) is 0 Å². The molecule has 116 valence electrons. The highest BCUT2D eigenvalue weighted by atomic mass is 16.7. The van der Waals surface area contributed by atoms with E-state index in [1.165, 1.54) is 6.42 Å². The fourth-order valence-corrected chi connectivity index (χ4v) is 2.53. The van der Waals surface area contributed by atoms with Crippen LogP contribution in [-0.4, -0.2) is 29.1 Å². The van der Waals surface area contributed by atoms with Crippen molar-refractivity contribution in [2.75, 3.05) is 13.2 Å². The molecular formula is C17H26N2O2. The minimum absolute atomic E-state index is 0.210. The lowest BCUT2D eigenvalue weighted by Crippen LogP contribution is -2.24. The van der Waals surface area contributed by atoms with Gasteiger partial charge >= 0.3 is 0 Å². The van der Waals surface area contributed by atoms with Gasteiger partial charge < -0.3 is 14.0 Å². The van der Waals surface area contributed by atoms with Crippen LogP contribution in [0.25, 0.3) is 11.0 Å². The molecule has 0 atom stereocenters. The third kappa shape index (κ3) is 4.05. The first-order chi connectivity index (χ1) is 10.3.